The van der Waals surface area contributed by atoms with Gasteiger partial charge in [0.2, 0.25) is 5.91 Å². The van der Waals surface area contributed by atoms with E-state index in [0.717, 1.165) is 6.07 Å². The average Bonchev–Trinajstić information content (AvgIpc) is 2.82. The van der Waals surface area contributed by atoms with Gasteiger partial charge in [-0.25, -0.2) is 8.42 Å². The topological polar surface area (TPSA) is 95.6 Å². The number of hydrogen-bond acceptors (Lipinski definition) is 4. The molecule has 0 aliphatic rings. The van der Waals surface area contributed by atoms with Crippen molar-refractivity contribution < 1.29 is 31.2 Å². The second-order valence-electron chi connectivity index (χ2n) is 8.21. The van der Waals surface area contributed by atoms with Crippen LogP contribution in [0.4, 0.5) is 24.5 Å². The zero-order valence-electron chi connectivity index (χ0n) is 19.7. The number of alkyl halides is 3. The van der Waals surface area contributed by atoms with E-state index in [1.54, 1.807) is 32.0 Å². The smallest absolute Gasteiger partial charge is 0.350 e. The molecule has 0 saturated carbocycles. The van der Waals surface area contributed by atoms with E-state index in [-0.39, 0.29) is 27.2 Å². The van der Waals surface area contributed by atoms with Crippen LogP contribution in [0.5, 0.6) is 0 Å². The molecule has 2 amide bonds. The Kier molecular flexibility index (Phi) is 8.49. The van der Waals surface area contributed by atoms with E-state index in [1.807, 2.05) is 0 Å². The molecule has 0 aliphatic heterocycles. The summed E-state index contributed by atoms with van der Waals surface area (Å²) in [6.07, 6.45) is -4.79. The van der Waals surface area contributed by atoms with Gasteiger partial charge in [0.25, 0.3) is 15.9 Å². The lowest BCUT2D eigenvalue weighted by molar-refractivity contribution is -0.137. The molecule has 0 unspecified atom stereocenters. The average molecular weight is 554 g/mol. The van der Waals surface area contributed by atoms with E-state index < -0.39 is 45.8 Å². The molecule has 0 saturated heterocycles. The lowest BCUT2D eigenvalue weighted by atomic mass is 10.1. The Morgan fingerprint density at radius 3 is 2.22 bits per heavy atom. The summed E-state index contributed by atoms with van der Waals surface area (Å²) in [6.45, 7) is 2.59. The van der Waals surface area contributed by atoms with Gasteiger partial charge in [0, 0.05) is 6.04 Å². The van der Waals surface area contributed by atoms with Crippen LogP contribution >= 0.6 is 11.6 Å². The molecule has 0 spiro atoms. The Hall–Kier alpha value is -3.57. The lowest BCUT2D eigenvalue weighted by Crippen LogP contribution is -2.39. The fourth-order valence-corrected chi connectivity index (χ4v) is 5.07. The molecule has 12 heteroatoms. The van der Waals surface area contributed by atoms with E-state index in [9.17, 15) is 31.2 Å². The van der Waals surface area contributed by atoms with Gasteiger partial charge in [-0.05, 0) is 56.3 Å². The van der Waals surface area contributed by atoms with Crippen molar-refractivity contribution in [1.29, 1.82) is 0 Å². The van der Waals surface area contributed by atoms with Gasteiger partial charge >= 0.3 is 6.18 Å². The first-order chi connectivity index (χ1) is 17.3. The second-order valence-corrected chi connectivity index (χ2v) is 10.5. The molecule has 0 heterocycles. The number of hydrogen-bond donors (Lipinski definition) is 2. The third-order valence-electron chi connectivity index (χ3n) is 5.03. The van der Waals surface area contributed by atoms with Crippen molar-refractivity contribution in [3.8, 4) is 0 Å². The quantitative estimate of drug-likeness (QED) is 0.394. The van der Waals surface area contributed by atoms with Gasteiger partial charge < -0.3 is 10.6 Å². The Labute approximate surface area is 217 Å². The van der Waals surface area contributed by atoms with Crippen LogP contribution in [0.2, 0.25) is 5.02 Å². The first kappa shape index (κ1) is 28.0. The molecule has 0 aromatic heterocycles. The number of halogens is 4. The highest BCUT2D eigenvalue weighted by molar-refractivity contribution is 7.92. The van der Waals surface area contributed by atoms with Gasteiger partial charge in [-0.3, -0.25) is 13.9 Å². The minimum atomic E-state index is -4.79. The van der Waals surface area contributed by atoms with Crippen molar-refractivity contribution in [1.82, 2.24) is 5.32 Å². The molecule has 37 heavy (non-hydrogen) atoms. The minimum absolute atomic E-state index is 0.0952. The molecular formula is C25H23ClF3N3O4S. The van der Waals surface area contributed by atoms with E-state index >= 15 is 0 Å². The highest BCUT2D eigenvalue weighted by Gasteiger charge is 2.34. The Morgan fingerprint density at radius 2 is 1.59 bits per heavy atom. The fraction of sp³-hybridized carbons (Fsp3) is 0.200. The maximum Gasteiger partial charge on any atom is 0.416 e. The normalized spacial score (nSPS) is 11.8. The van der Waals surface area contributed by atoms with Crippen molar-refractivity contribution in [3.63, 3.8) is 0 Å². The zero-order chi connectivity index (χ0) is 27.4. The van der Waals surface area contributed by atoms with Crippen molar-refractivity contribution in [2.75, 3.05) is 16.2 Å². The lowest BCUT2D eigenvalue weighted by Gasteiger charge is -2.26. The second kappa shape index (κ2) is 11.2. The van der Waals surface area contributed by atoms with E-state index in [1.165, 1.54) is 36.4 Å². The monoisotopic (exact) mass is 553 g/mol. The molecule has 3 aromatic carbocycles. The van der Waals surface area contributed by atoms with Crippen LogP contribution in [-0.4, -0.2) is 32.8 Å². The summed E-state index contributed by atoms with van der Waals surface area (Å²) in [5, 5.41) is 4.87. The molecule has 0 bridgehead atoms. The third-order valence-corrected chi connectivity index (χ3v) is 7.12. The summed E-state index contributed by atoms with van der Waals surface area (Å²) in [6, 6.07) is 15.0. The predicted octanol–water partition coefficient (Wildman–Crippen LogP) is 5.33. The summed E-state index contributed by atoms with van der Waals surface area (Å²) in [7, 11) is -4.53. The fourth-order valence-electron chi connectivity index (χ4n) is 3.35. The SMILES string of the molecule is CC(C)NC(=O)c1ccccc1NC(=O)CN(c1cc(C(F)(F)F)ccc1Cl)S(=O)(=O)c1ccccc1. The van der Waals surface area contributed by atoms with Crippen molar-refractivity contribution >= 4 is 44.8 Å². The van der Waals surface area contributed by atoms with Gasteiger partial charge in [-0.1, -0.05) is 41.9 Å². The zero-order valence-corrected chi connectivity index (χ0v) is 21.3. The van der Waals surface area contributed by atoms with Crippen LogP contribution < -0.4 is 14.9 Å². The Morgan fingerprint density at radius 1 is 0.973 bits per heavy atom. The Bertz CT molecular complexity index is 1400. The summed E-state index contributed by atoms with van der Waals surface area (Å²) < 4.78 is 67.7. The Balaban J connectivity index is 2.03. The molecular weight excluding hydrogens is 531 g/mol. The number of benzene rings is 3. The first-order valence-electron chi connectivity index (χ1n) is 10.9. The standard InChI is InChI=1S/C25H23ClF3N3O4S/c1-16(2)30-24(34)19-10-6-7-11-21(19)31-23(33)15-32(37(35,36)18-8-4-3-5-9-18)22-14-17(25(27,28)29)12-13-20(22)26/h3-14,16H,15H2,1-2H3,(H,30,34)(H,31,33). The minimum Gasteiger partial charge on any atom is -0.350 e. The number of rotatable bonds is 8. The molecule has 0 fully saturated rings. The number of sulfonamides is 1. The van der Waals surface area contributed by atoms with Crippen molar-refractivity contribution in [2.45, 2.75) is 31.0 Å². The summed E-state index contributed by atoms with van der Waals surface area (Å²) in [4.78, 5) is 25.3. The molecule has 196 valence electrons. The summed E-state index contributed by atoms with van der Waals surface area (Å²) in [5.74, 6) is -1.38. The van der Waals surface area contributed by atoms with E-state index in [4.69, 9.17) is 11.6 Å². The maximum absolute atomic E-state index is 13.5. The largest absolute Gasteiger partial charge is 0.416 e. The van der Waals surface area contributed by atoms with Gasteiger partial charge in [0.05, 0.1) is 32.4 Å². The van der Waals surface area contributed by atoms with Crippen LogP contribution in [0.1, 0.15) is 29.8 Å². The number of carbonyl (C=O) groups is 2. The highest BCUT2D eigenvalue weighted by Crippen LogP contribution is 2.37. The van der Waals surface area contributed by atoms with Gasteiger partial charge in [0.15, 0.2) is 0 Å². The van der Waals surface area contributed by atoms with Crippen LogP contribution in [0.3, 0.4) is 0 Å². The molecule has 3 rings (SSSR count). The van der Waals surface area contributed by atoms with Gasteiger partial charge in [0.1, 0.15) is 6.54 Å². The van der Waals surface area contributed by atoms with Gasteiger partial charge in [-0.15, -0.1) is 0 Å². The molecule has 0 radical (unpaired) electrons. The molecule has 0 atom stereocenters. The number of nitrogens with one attached hydrogen (secondary N) is 2. The third kappa shape index (κ3) is 6.80. The van der Waals surface area contributed by atoms with E-state index in [0.29, 0.717) is 16.4 Å². The van der Waals surface area contributed by atoms with Crippen molar-refractivity contribution in [2.24, 2.45) is 0 Å². The van der Waals surface area contributed by atoms with Crippen molar-refractivity contribution in [3.05, 3.63) is 88.9 Å². The van der Waals surface area contributed by atoms with Crippen LogP contribution in [-0.2, 0) is 21.0 Å². The summed E-state index contributed by atoms with van der Waals surface area (Å²) in [5.41, 5.74) is -1.45. The van der Waals surface area contributed by atoms with Crippen LogP contribution in [0, 0.1) is 0 Å². The maximum atomic E-state index is 13.5. The number of para-hydroxylation sites is 1. The number of carbonyl (C=O) groups excluding carboxylic acids is 2. The van der Waals surface area contributed by atoms with Gasteiger partial charge in [-0.2, -0.15) is 13.2 Å². The molecule has 2 N–H and O–H groups in total. The van der Waals surface area contributed by atoms with Crippen LogP contribution in [0.15, 0.2) is 77.7 Å². The molecule has 3 aromatic rings. The number of nitrogens with zero attached hydrogens (tertiary/aromatic N) is 1. The summed E-state index contributed by atoms with van der Waals surface area (Å²) >= 11 is 6.14. The van der Waals surface area contributed by atoms with E-state index in [2.05, 4.69) is 10.6 Å². The highest BCUT2D eigenvalue weighted by atomic mass is 35.5. The predicted molar refractivity (Wildman–Crippen MR) is 135 cm³/mol. The first-order valence-corrected chi connectivity index (χ1v) is 12.8. The van der Waals surface area contributed by atoms with Crippen LogP contribution in [0.25, 0.3) is 0 Å². The number of amides is 2. The molecule has 0 aliphatic carbocycles. The number of anilines is 2. The molecule has 7 nitrogen and oxygen atoms in total.